The van der Waals surface area contributed by atoms with Gasteiger partial charge in [0.2, 0.25) is 0 Å². The summed E-state index contributed by atoms with van der Waals surface area (Å²) in [6.07, 6.45) is 6.43. The van der Waals surface area contributed by atoms with Crippen LogP contribution in [-0.2, 0) is 34.3 Å². The lowest BCUT2D eigenvalue weighted by Gasteiger charge is -2.41. The smallest absolute Gasteiger partial charge is 0.290 e. The Hall–Kier alpha value is -3.29. The number of hydrogen-bond donors (Lipinski definition) is 3. The molecule has 0 bridgehead atoms. The Morgan fingerprint density at radius 3 is 2.56 bits per heavy atom. The van der Waals surface area contributed by atoms with Gasteiger partial charge in [-0.2, -0.15) is 5.10 Å². The molecule has 3 N–H and O–H groups in total. The zero-order chi connectivity index (χ0) is 25.1. The summed E-state index contributed by atoms with van der Waals surface area (Å²) in [5.41, 5.74) is 1.52. The number of morpholine rings is 1. The van der Waals surface area contributed by atoms with Crippen molar-refractivity contribution in [3.8, 4) is 0 Å². The van der Waals surface area contributed by atoms with Gasteiger partial charge in [0.15, 0.2) is 0 Å². The van der Waals surface area contributed by atoms with E-state index < -0.39 is 0 Å². The van der Waals surface area contributed by atoms with E-state index >= 15 is 0 Å². The Morgan fingerprint density at radius 2 is 1.94 bits per heavy atom. The number of nitrogens with zero attached hydrogens (tertiary/aromatic N) is 6. The Balaban J connectivity index is 0.000000618. The normalized spacial score (nSPS) is 19.6. The van der Waals surface area contributed by atoms with Gasteiger partial charge in [0, 0.05) is 64.1 Å². The lowest BCUT2D eigenvalue weighted by atomic mass is 10.00. The van der Waals surface area contributed by atoms with Crippen molar-refractivity contribution in [2.24, 2.45) is 7.05 Å². The lowest BCUT2D eigenvalue weighted by molar-refractivity contribution is -0.123. The molecule has 2 atom stereocenters. The number of nitrogens with one attached hydrogen (secondary N) is 1. The second kappa shape index (κ2) is 13.4. The summed E-state index contributed by atoms with van der Waals surface area (Å²) >= 11 is 0. The summed E-state index contributed by atoms with van der Waals surface area (Å²) in [4.78, 5) is 38.9. The molecule has 2 aliphatic rings. The minimum Gasteiger partial charge on any atom is -0.483 e. The maximum absolute atomic E-state index is 13.5. The molecule has 1 amide bonds. The van der Waals surface area contributed by atoms with E-state index in [-0.39, 0.29) is 31.0 Å². The molecule has 0 aromatic carbocycles. The van der Waals surface area contributed by atoms with Gasteiger partial charge in [0.25, 0.3) is 18.9 Å². The SMILES string of the molecule is CN(C)C[C@@H]1OCCN(C(=O)c2cn3c(n2)CCNCC3)[C@H]1c1cnn(C)c1.O=CO.O=CO. The van der Waals surface area contributed by atoms with Crippen LogP contribution in [0.25, 0.3) is 0 Å². The van der Waals surface area contributed by atoms with Gasteiger partial charge in [-0.05, 0) is 14.1 Å². The molecule has 2 aromatic rings. The number of aryl methyl sites for hydroxylation is 1. The summed E-state index contributed by atoms with van der Waals surface area (Å²) < 4.78 is 9.94. The standard InChI is InChI=1S/C19H29N7O2.2CH2O2/c1-23(2)13-16-18(14-10-21-24(3)11-14)26(8-9-28-16)19(27)15-12-25-7-6-20-5-4-17(25)22-15;2*2-1-3/h10-12,16,18,20H,4-9,13H2,1-3H3;2*1H,(H,2,3)/t16-,18-;;/m0../s1. The summed E-state index contributed by atoms with van der Waals surface area (Å²) in [5.74, 6) is 0.943. The highest BCUT2D eigenvalue weighted by Gasteiger charge is 2.38. The first-order valence-corrected chi connectivity index (χ1v) is 10.8. The molecule has 4 heterocycles. The average Bonchev–Trinajstić information content (AvgIpc) is 3.34. The molecule has 13 heteroatoms. The van der Waals surface area contributed by atoms with Crippen LogP contribution in [0, 0.1) is 0 Å². The number of hydrogen-bond acceptors (Lipinski definition) is 8. The van der Waals surface area contributed by atoms with E-state index in [0.717, 1.165) is 44.0 Å². The van der Waals surface area contributed by atoms with Crippen LogP contribution in [0.5, 0.6) is 0 Å². The van der Waals surface area contributed by atoms with Crippen LogP contribution < -0.4 is 5.32 Å². The first-order valence-electron chi connectivity index (χ1n) is 10.8. The summed E-state index contributed by atoms with van der Waals surface area (Å²) in [7, 11) is 5.93. The van der Waals surface area contributed by atoms with Gasteiger partial charge in [0.1, 0.15) is 11.5 Å². The van der Waals surface area contributed by atoms with Gasteiger partial charge in [-0.15, -0.1) is 0 Å². The highest BCUT2D eigenvalue weighted by Crippen LogP contribution is 2.31. The van der Waals surface area contributed by atoms with Gasteiger partial charge < -0.3 is 34.6 Å². The number of carboxylic acid groups (broad SMARTS) is 2. The predicted molar refractivity (Wildman–Crippen MR) is 121 cm³/mol. The third-order valence-electron chi connectivity index (χ3n) is 5.36. The first kappa shape index (κ1) is 27.0. The topological polar surface area (TPSA) is 155 Å². The number of rotatable bonds is 4. The Bertz CT molecular complexity index is 899. The number of imidazole rings is 1. The van der Waals surface area contributed by atoms with Gasteiger partial charge in [-0.3, -0.25) is 19.1 Å². The lowest BCUT2D eigenvalue weighted by Crippen LogP contribution is -2.51. The third-order valence-corrected chi connectivity index (χ3v) is 5.36. The van der Waals surface area contributed by atoms with Crippen LogP contribution in [0.15, 0.2) is 18.6 Å². The molecule has 0 saturated carbocycles. The molecule has 13 nitrogen and oxygen atoms in total. The van der Waals surface area contributed by atoms with Crippen LogP contribution >= 0.6 is 0 Å². The van der Waals surface area contributed by atoms with E-state index in [4.69, 9.17) is 24.5 Å². The minimum atomic E-state index is -0.250. The molecule has 34 heavy (non-hydrogen) atoms. The van der Waals surface area contributed by atoms with E-state index in [0.29, 0.717) is 18.8 Å². The number of amides is 1. The molecule has 1 saturated heterocycles. The van der Waals surface area contributed by atoms with Gasteiger partial charge >= 0.3 is 0 Å². The maximum atomic E-state index is 13.5. The van der Waals surface area contributed by atoms with E-state index in [1.807, 2.05) is 44.6 Å². The molecule has 0 aliphatic carbocycles. The molecule has 0 unspecified atom stereocenters. The van der Waals surface area contributed by atoms with Crippen LogP contribution in [-0.4, -0.2) is 111 Å². The number of carbonyl (C=O) groups is 3. The highest BCUT2D eigenvalue weighted by molar-refractivity contribution is 5.92. The largest absolute Gasteiger partial charge is 0.483 e. The first-order chi connectivity index (χ1) is 16.4. The van der Waals surface area contributed by atoms with Gasteiger partial charge in [-0.25, -0.2) is 4.98 Å². The zero-order valence-corrected chi connectivity index (χ0v) is 19.7. The van der Waals surface area contributed by atoms with Crippen molar-refractivity contribution in [2.75, 3.05) is 46.9 Å². The number of fused-ring (bicyclic) bond motifs is 1. The monoisotopic (exact) mass is 479 g/mol. The number of aromatic nitrogens is 4. The van der Waals surface area contributed by atoms with Crippen molar-refractivity contribution < 1.29 is 29.3 Å². The number of carbonyl (C=O) groups excluding carboxylic acids is 1. The van der Waals surface area contributed by atoms with Crippen LogP contribution in [0.1, 0.15) is 27.9 Å². The van der Waals surface area contributed by atoms with Crippen molar-refractivity contribution >= 4 is 18.9 Å². The maximum Gasteiger partial charge on any atom is 0.290 e. The molecule has 1 fully saturated rings. The fourth-order valence-electron chi connectivity index (χ4n) is 4.08. The van der Waals surface area contributed by atoms with Crippen LogP contribution in [0.4, 0.5) is 0 Å². The predicted octanol–water partition coefficient (Wildman–Crippen LogP) is -0.692. The molecule has 2 aliphatic heterocycles. The second-order valence-electron chi connectivity index (χ2n) is 8.01. The van der Waals surface area contributed by atoms with E-state index in [9.17, 15) is 4.79 Å². The molecular weight excluding hydrogens is 446 g/mol. The van der Waals surface area contributed by atoms with Gasteiger partial charge in [-0.1, -0.05) is 0 Å². The molecule has 188 valence electrons. The van der Waals surface area contributed by atoms with Crippen molar-refractivity contribution in [3.05, 3.63) is 35.7 Å². The Morgan fingerprint density at radius 1 is 1.24 bits per heavy atom. The van der Waals surface area contributed by atoms with E-state index in [1.165, 1.54) is 0 Å². The van der Waals surface area contributed by atoms with Crippen LogP contribution in [0.2, 0.25) is 0 Å². The van der Waals surface area contributed by atoms with E-state index in [2.05, 4.69) is 24.9 Å². The van der Waals surface area contributed by atoms with Crippen LogP contribution in [0.3, 0.4) is 0 Å². The fourth-order valence-corrected chi connectivity index (χ4v) is 4.08. The van der Waals surface area contributed by atoms with Crippen molar-refractivity contribution in [1.29, 1.82) is 0 Å². The highest BCUT2D eigenvalue weighted by atomic mass is 16.5. The fraction of sp³-hybridized carbons (Fsp3) is 0.571. The number of ether oxygens (including phenoxy) is 1. The second-order valence-corrected chi connectivity index (χ2v) is 8.01. The Kier molecular flexibility index (Phi) is 10.6. The molecule has 4 rings (SSSR count). The minimum absolute atomic E-state index is 0.0329. The zero-order valence-electron chi connectivity index (χ0n) is 19.7. The quantitative estimate of drug-likeness (QED) is 0.480. The molecule has 2 aromatic heterocycles. The summed E-state index contributed by atoms with van der Waals surface area (Å²) in [6.45, 7) is 3.94. The third kappa shape index (κ3) is 7.10. The Labute approximate surface area is 197 Å². The molecule has 0 spiro atoms. The van der Waals surface area contributed by atoms with Gasteiger partial charge in [0.05, 0.1) is 24.9 Å². The number of likely N-dealkylation sites (N-methyl/N-ethyl adjacent to an activating group) is 1. The van der Waals surface area contributed by atoms with E-state index in [1.54, 1.807) is 4.68 Å². The van der Waals surface area contributed by atoms with Crippen molar-refractivity contribution in [1.82, 2.24) is 34.4 Å². The summed E-state index contributed by atoms with van der Waals surface area (Å²) in [6, 6.07) is -0.180. The molecular formula is C21H33N7O6. The molecule has 0 radical (unpaired) electrons. The average molecular weight is 480 g/mol. The summed E-state index contributed by atoms with van der Waals surface area (Å²) in [5, 5.41) is 21.5. The van der Waals surface area contributed by atoms with Crippen molar-refractivity contribution in [3.63, 3.8) is 0 Å². The van der Waals surface area contributed by atoms with Crippen molar-refractivity contribution in [2.45, 2.75) is 25.1 Å².